The molecule has 7 heteroatoms. The number of nitrogens with zero attached hydrogens (tertiary/aromatic N) is 1. The molecule has 3 rings (SSSR count). The van der Waals surface area contributed by atoms with E-state index in [-0.39, 0.29) is 24.7 Å². The van der Waals surface area contributed by atoms with E-state index in [1.807, 2.05) is 36.4 Å². The minimum atomic E-state index is -0.998. The number of hydrogen-bond donors (Lipinski definition) is 0. The Morgan fingerprint density at radius 1 is 1.31 bits per heavy atom. The van der Waals surface area contributed by atoms with Gasteiger partial charge in [0.15, 0.2) is 12.3 Å². The fourth-order valence-corrected chi connectivity index (χ4v) is 3.17. The molecule has 1 amide bonds. The van der Waals surface area contributed by atoms with Crippen LogP contribution in [0.4, 0.5) is 0 Å². The van der Waals surface area contributed by atoms with Crippen molar-refractivity contribution < 1.29 is 23.9 Å². The number of carbonyl (C=O) groups excluding carboxylic acids is 3. The number of alkyl halides is 1. The highest BCUT2D eigenvalue weighted by molar-refractivity contribution is 9.09. The molecular weight excluding hydrogens is 402 g/mol. The third-order valence-corrected chi connectivity index (χ3v) is 4.61. The average Bonchev–Trinajstić information content (AvgIpc) is 2.97. The van der Waals surface area contributed by atoms with E-state index in [0.29, 0.717) is 23.6 Å². The van der Waals surface area contributed by atoms with Crippen molar-refractivity contribution >= 4 is 34.1 Å². The van der Waals surface area contributed by atoms with E-state index in [2.05, 4.69) is 15.9 Å². The Morgan fingerprint density at radius 2 is 2.08 bits per heavy atom. The third kappa shape index (κ3) is 3.72. The maximum Gasteiger partial charge on any atom is 0.337 e. The molecule has 1 aromatic rings. The van der Waals surface area contributed by atoms with Crippen molar-refractivity contribution in [3.63, 3.8) is 0 Å². The zero-order valence-corrected chi connectivity index (χ0v) is 15.6. The fraction of sp³-hybridized carbons (Fsp3) is 0.316. The van der Waals surface area contributed by atoms with Gasteiger partial charge in [-0.3, -0.25) is 14.5 Å². The minimum Gasteiger partial charge on any atom is -0.471 e. The number of β-lactam (4-membered cyclic amide) rings is 1. The molecule has 2 fully saturated rings. The van der Waals surface area contributed by atoms with Gasteiger partial charge in [-0.2, -0.15) is 0 Å². The topological polar surface area (TPSA) is 72.9 Å². The van der Waals surface area contributed by atoms with Crippen molar-refractivity contribution in [3.8, 4) is 0 Å². The van der Waals surface area contributed by atoms with E-state index < -0.39 is 18.2 Å². The maximum absolute atomic E-state index is 12.6. The molecule has 1 aromatic carbocycles. The first-order valence-corrected chi connectivity index (χ1v) is 9.35. The van der Waals surface area contributed by atoms with Crippen LogP contribution in [0.2, 0.25) is 0 Å². The van der Waals surface area contributed by atoms with E-state index in [0.717, 1.165) is 5.56 Å². The second-order valence-electron chi connectivity index (χ2n) is 5.91. The highest BCUT2D eigenvalue weighted by atomic mass is 79.9. The molecule has 0 bridgehead atoms. The summed E-state index contributed by atoms with van der Waals surface area (Å²) in [6.07, 6.45) is 4.35. The van der Waals surface area contributed by atoms with Gasteiger partial charge in [0.25, 0.3) is 0 Å². The molecule has 0 spiro atoms. The molecular formula is C19H18BrNO5. The Hall–Kier alpha value is -2.41. The molecule has 0 aromatic heterocycles. The van der Waals surface area contributed by atoms with Crippen LogP contribution in [-0.4, -0.2) is 40.7 Å². The van der Waals surface area contributed by atoms with Crippen LogP contribution in [0, 0.1) is 0 Å². The van der Waals surface area contributed by atoms with Gasteiger partial charge in [0.1, 0.15) is 18.7 Å². The number of carbonyl (C=O) groups is 3. The number of ether oxygens (including phenoxy) is 2. The zero-order chi connectivity index (χ0) is 18.5. The first kappa shape index (κ1) is 18.4. The molecule has 1 unspecified atom stereocenters. The fourth-order valence-electron chi connectivity index (χ4n) is 2.91. The summed E-state index contributed by atoms with van der Waals surface area (Å²) < 4.78 is 11.1. The van der Waals surface area contributed by atoms with Gasteiger partial charge in [0, 0.05) is 10.9 Å². The molecule has 2 aliphatic heterocycles. The van der Waals surface area contributed by atoms with Gasteiger partial charge >= 0.3 is 5.97 Å². The van der Waals surface area contributed by atoms with E-state index in [4.69, 9.17) is 9.47 Å². The molecule has 0 aliphatic carbocycles. The van der Waals surface area contributed by atoms with Crippen LogP contribution >= 0.6 is 15.9 Å². The van der Waals surface area contributed by atoms with Crippen molar-refractivity contribution in [2.45, 2.75) is 31.7 Å². The Kier molecular flexibility index (Phi) is 5.88. The molecule has 6 nitrogen and oxygen atoms in total. The highest BCUT2D eigenvalue weighted by Crippen LogP contribution is 2.38. The van der Waals surface area contributed by atoms with E-state index in [9.17, 15) is 14.4 Å². The molecule has 0 radical (unpaired) electrons. The largest absolute Gasteiger partial charge is 0.471 e. The lowest BCUT2D eigenvalue weighted by atomic mass is 10.0. The Balaban J connectivity index is 1.80. The first-order chi connectivity index (χ1) is 12.7. The molecule has 0 N–H and O–H groups in total. The molecule has 2 aliphatic rings. The van der Waals surface area contributed by atoms with Crippen molar-refractivity contribution in [3.05, 3.63) is 59.4 Å². The van der Waals surface area contributed by atoms with Crippen LogP contribution in [0.1, 0.15) is 18.4 Å². The predicted octanol–water partition coefficient (Wildman–Crippen LogP) is 2.48. The lowest BCUT2D eigenvalue weighted by Gasteiger charge is -2.33. The van der Waals surface area contributed by atoms with Gasteiger partial charge in [-0.05, 0) is 12.0 Å². The number of allylic oxidation sites excluding steroid dienone is 3. The maximum atomic E-state index is 12.6. The van der Waals surface area contributed by atoms with Crippen LogP contribution < -0.4 is 0 Å². The van der Waals surface area contributed by atoms with Gasteiger partial charge in [-0.15, -0.1) is 0 Å². The van der Waals surface area contributed by atoms with Crippen molar-refractivity contribution in [2.75, 3.05) is 5.33 Å². The molecule has 2 heterocycles. The van der Waals surface area contributed by atoms with Crippen LogP contribution in [0.25, 0.3) is 0 Å². The second-order valence-corrected chi connectivity index (χ2v) is 6.56. The summed E-state index contributed by atoms with van der Waals surface area (Å²) in [6, 6.07) is 8.26. The van der Waals surface area contributed by atoms with E-state index in [1.165, 1.54) is 4.90 Å². The lowest BCUT2D eigenvalue weighted by molar-refractivity contribution is -0.166. The summed E-state index contributed by atoms with van der Waals surface area (Å²) in [5, 5.41) is 0.658. The van der Waals surface area contributed by atoms with Crippen LogP contribution in [0.15, 0.2) is 53.8 Å². The van der Waals surface area contributed by atoms with Gasteiger partial charge in [-0.1, -0.05) is 58.4 Å². The lowest BCUT2D eigenvalue weighted by Crippen LogP contribution is -2.55. The number of halogens is 1. The number of aldehydes is 1. The van der Waals surface area contributed by atoms with Crippen LogP contribution in [-0.2, 0) is 30.5 Å². The molecule has 0 saturated carbocycles. The highest BCUT2D eigenvalue weighted by Gasteiger charge is 2.55. The molecule has 136 valence electrons. The number of amides is 1. The minimum absolute atomic E-state index is 0.0933. The summed E-state index contributed by atoms with van der Waals surface area (Å²) >= 11 is 3.27. The quantitative estimate of drug-likeness (QED) is 0.169. The summed E-state index contributed by atoms with van der Waals surface area (Å²) in [4.78, 5) is 37.4. The van der Waals surface area contributed by atoms with Gasteiger partial charge < -0.3 is 9.47 Å². The van der Waals surface area contributed by atoms with Gasteiger partial charge in [-0.25, -0.2) is 4.79 Å². The van der Waals surface area contributed by atoms with Crippen molar-refractivity contribution in [2.24, 2.45) is 0 Å². The van der Waals surface area contributed by atoms with E-state index in [1.54, 1.807) is 6.08 Å². The number of benzene rings is 1. The third-order valence-electron chi connectivity index (χ3n) is 4.24. The molecule has 2 saturated heterocycles. The average molecular weight is 420 g/mol. The van der Waals surface area contributed by atoms with Crippen molar-refractivity contribution in [1.82, 2.24) is 4.90 Å². The molecule has 2 atom stereocenters. The second kappa shape index (κ2) is 8.31. The monoisotopic (exact) mass is 419 g/mol. The number of rotatable bonds is 7. The summed E-state index contributed by atoms with van der Waals surface area (Å²) in [5.41, 5.74) is 1.18. The summed E-state index contributed by atoms with van der Waals surface area (Å²) in [7, 11) is 0. The smallest absolute Gasteiger partial charge is 0.337 e. The van der Waals surface area contributed by atoms with Gasteiger partial charge in [0.2, 0.25) is 5.91 Å². The Morgan fingerprint density at radius 3 is 2.73 bits per heavy atom. The summed E-state index contributed by atoms with van der Waals surface area (Å²) in [5.74, 6) is -0.565. The van der Waals surface area contributed by atoms with Gasteiger partial charge in [0.05, 0.1) is 6.42 Å². The Bertz CT molecular complexity index is 758. The zero-order valence-electron chi connectivity index (χ0n) is 14.0. The van der Waals surface area contributed by atoms with E-state index >= 15 is 0 Å². The summed E-state index contributed by atoms with van der Waals surface area (Å²) in [6.45, 7) is 0.0933. The normalized spacial score (nSPS) is 23.3. The first-order valence-electron chi connectivity index (χ1n) is 8.23. The predicted molar refractivity (Wildman–Crippen MR) is 97.0 cm³/mol. The van der Waals surface area contributed by atoms with Crippen LogP contribution in [0.5, 0.6) is 0 Å². The van der Waals surface area contributed by atoms with Crippen molar-refractivity contribution in [1.29, 1.82) is 0 Å². The SMILES string of the molecule is O=CC(CC=CCBr)=C1O[C@@H]2CC(=O)N2C1C(=O)OCc1ccccc1. The Labute approximate surface area is 159 Å². The standard InChI is InChI=1S/C19H18BrNO5/c20-9-5-4-8-14(11-22)18-17(21-15(23)10-16(21)26-18)19(24)25-12-13-6-2-1-3-7-13/h1-7,11,16-17H,8-10,12H2/t16-,17?/m1/s1. The number of hydrogen-bond acceptors (Lipinski definition) is 5. The molecule has 26 heavy (non-hydrogen) atoms. The van der Waals surface area contributed by atoms with Crippen LogP contribution in [0.3, 0.4) is 0 Å². The number of fused-ring (bicyclic) bond motifs is 1. The number of esters is 1.